The Morgan fingerprint density at radius 3 is 2.10 bits per heavy atom. The monoisotopic (exact) mass is 571 g/mol. The van der Waals surface area contributed by atoms with E-state index in [0.717, 1.165) is 33.5 Å². The number of nitrogens with one attached hydrogen (secondary N) is 1. The maximum absolute atomic E-state index is 13.0. The van der Waals surface area contributed by atoms with Crippen LogP contribution in [-0.4, -0.2) is 66.5 Å². The Hall–Kier alpha value is -4.53. The van der Waals surface area contributed by atoms with Crippen molar-refractivity contribution < 1.29 is 29.0 Å². The van der Waals surface area contributed by atoms with Crippen LogP contribution in [0.25, 0.3) is 11.1 Å². The molecule has 0 atom stereocenters. The number of anilines is 2. The normalized spacial score (nSPS) is 14.7. The van der Waals surface area contributed by atoms with Crippen LogP contribution in [0.2, 0.25) is 0 Å². The van der Waals surface area contributed by atoms with Gasteiger partial charge in [-0.25, -0.2) is 9.59 Å². The first-order chi connectivity index (χ1) is 20.0. The topological polar surface area (TPSA) is 108 Å². The summed E-state index contributed by atoms with van der Waals surface area (Å²) < 4.78 is 11.2. The predicted octanol–water partition coefficient (Wildman–Crippen LogP) is 6.04. The molecule has 1 fully saturated rings. The number of fused-ring (bicyclic) bond motifs is 3. The molecule has 2 N–H and O–H groups in total. The number of carbonyl (C=O) groups excluding carboxylic acids is 2. The van der Waals surface area contributed by atoms with Crippen molar-refractivity contribution in [3.05, 3.63) is 82.9 Å². The minimum absolute atomic E-state index is 0.0689. The summed E-state index contributed by atoms with van der Waals surface area (Å²) in [6.45, 7) is 9.58. The van der Waals surface area contributed by atoms with Gasteiger partial charge in [-0.2, -0.15) is 0 Å². The summed E-state index contributed by atoms with van der Waals surface area (Å²) in [5.41, 5.74) is 6.66. The van der Waals surface area contributed by atoms with Gasteiger partial charge < -0.3 is 24.4 Å². The number of hydrogen-bond acceptors (Lipinski definition) is 6. The number of rotatable bonds is 6. The van der Waals surface area contributed by atoms with E-state index < -0.39 is 17.7 Å². The molecule has 1 heterocycles. The summed E-state index contributed by atoms with van der Waals surface area (Å²) in [6, 6.07) is 19.8. The molecule has 2 amide bonds. The highest BCUT2D eigenvalue weighted by atomic mass is 16.6. The van der Waals surface area contributed by atoms with Gasteiger partial charge in [-0.3, -0.25) is 10.1 Å². The maximum Gasteiger partial charge on any atom is 0.411 e. The zero-order valence-corrected chi connectivity index (χ0v) is 24.5. The van der Waals surface area contributed by atoms with Crippen LogP contribution in [0.1, 0.15) is 48.9 Å². The molecule has 2 aliphatic rings. The molecule has 220 valence electrons. The van der Waals surface area contributed by atoms with Crippen LogP contribution < -0.4 is 10.2 Å². The van der Waals surface area contributed by atoms with E-state index in [4.69, 9.17) is 9.47 Å². The van der Waals surface area contributed by atoms with Crippen molar-refractivity contribution in [1.29, 1.82) is 0 Å². The van der Waals surface area contributed by atoms with Crippen LogP contribution >= 0.6 is 0 Å². The molecule has 3 aromatic rings. The minimum Gasteiger partial charge on any atom is -0.481 e. The fourth-order valence-corrected chi connectivity index (χ4v) is 5.71. The van der Waals surface area contributed by atoms with Crippen molar-refractivity contribution in [2.75, 3.05) is 43.0 Å². The molecule has 0 aromatic heterocycles. The largest absolute Gasteiger partial charge is 0.481 e. The summed E-state index contributed by atoms with van der Waals surface area (Å²) in [5, 5.41) is 12.4. The van der Waals surface area contributed by atoms with Crippen LogP contribution in [0.4, 0.5) is 21.0 Å². The Kier molecular flexibility index (Phi) is 8.11. The Morgan fingerprint density at radius 2 is 1.52 bits per heavy atom. The van der Waals surface area contributed by atoms with Gasteiger partial charge >= 0.3 is 18.2 Å². The SMILES string of the molecule is Cc1c(CC(=O)O)cc(NC(=O)OCC2c3ccccc3-c3ccccc32)cc1N1CCN(C(=O)OC(C)(C)C)CC1. The van der Waals surface area contributed by atoms with Crippen molar-refractivity contribution >= 4 is 29.5 Å². The lowest BCUT2D eigenvalue weighted by Gasteiger charge is -2.37. The fourth-order valence-electron chi connectivity index (χ4n) is 5.71. The van der Waals surface area contributed by atoms with Gasteiger partial charge in [0.15, 0.2) is 0 Å². The number of benzene rings is 3. The number of carboxylic acids is 1. The van der Waals surface area contributed by atoms with Crippen molar-refractivity contribution in [3.63, 3.8) is 0 Å². The van der Waals surface area contributed by atoms with Gasteiger partial charge in [0.05, 0.1) is 6.42 Å². The van der Waals surface area contributed by atoms with E-state index in [1.165, 1.54) is 0 Å². The third kappa shape index (κ3) is 6.35. The number of amides is 2. The second kappa shape index (κ2) is 11.8. The average Bonchev–Trinajstić information content (AvgIpc) is 3.26. The number of hydrogen-bond donors (Lipinski definition) is 2. The molecular weight excluding hydrogens is 534 g/mol. The Bertz CT molecular complexity index is 1460. The van der Waals surface area contributed by atoms with Crippen LogP contribution in [0.5, 0.6) is 0 Å². The van der Waals surface area contributed by atoms with Crippen LogP contribution in [0, 0.1) is 6.92 Å². The smallest absolute Gasteiger partial charge is 0.411 e. The summed E-state index contributed by atoms with van der Waals surface area (Å²) in [6.07, 6.45) is -1.14. The molecule has 3 aromatic carbocycles. The number of nitrogens with zero attached hydrogens (tertiary/aromatic N) is 2. The summed E-state index contributed by atoms with van der Waals surface area (Å²) >= 11 is 0. The number of piperazine rings is 1. The highest BCUT2D eigenvalue weighted by Crippen LogP contribution is 2.44. The average molecular weight is 572 g/mol. The molecule has 0 radical (unpaired) electrons. The van der Waals surface area contributed by atoms with E-state index in [9.17, 15) is 19.5 Å². The second-order valence-corrected chi connectivity index (χ2v) is 11.8. The van der Waals surface area contributed by atoms with Gasteiger partial charge in [0.25, 0.3) is 0 Å². The molecule has 9 heteroatoms. The second-order valence-electron chi connectivity index (χ2n) is 11.8. The fraction of sp³-hybridized carbons (Fsp3) is 0.364. The quantitative estimate of drug-likeness (QED) is 0.371. The van der Waals surface area contributed by atoms with Crippen LogP contribution in [-0.2, 0) is 20.7 Å². The summed E-state index contributed by atoms with van der Waals surface area (Å²) in [4.78, 5) is 41.0. The predicted molar refractivity (Wildman–Crippen MR) is 161 cm³/mol. The lowest BCUT2D eigenvalue weighted by molar-refractivity contribution is -0.136. The summed E-state index contributed by atoms with van der Waals surface area (Å²) in [5.74, 6) is -1.03. The van der Waals surface area contributed by atoms with E-state index in [2.05, 4.69) is 34.5 Å². The van der Waals surface area contributed by atoms with Gasteiger partial charge in [-0.05, 0) is 73.2 Å². The first-order valence-electron chi connectivity index (χ1n) is 14.2. The third-order valence-corrected chi connectivity index (χ3v) is 7.69. The Morgan fingerprint density at radius 1 is 0.929 bits per heavy atom. The minimum atomic E-state index is -0.961. The van der Waals surface area contributed by atoms with Crippen LogP contribution in [0.3, 0.4) is 0 Å². The zero-order chi connectivity index (χ0) is 30.0. The van der Waals surface area contributed by atoms with Crippen molar-refractivity contribution in [2.24, 2.45) is 0 Å². The molecule has 1 aliphatic heterocycles. The highest BCUT2D eigenvalue weighted by molar-refractivity contribution is 5.87. The number of carbonyl (C=O) groups is 3. The van der Waals surface area contributed by atoms with Gasteiger partial charge in [0, 0.05) is 43.5 Å². The molecule has 0 saturated carbocycles. The van der Waals surface area contributed by atoms with Gasteiger partial charge in [-0.15, -0.1) is 0 Å². The summed E-state index contributed by atoms with van der Waals surface area (Å²) in [7, 11) is 0. The van der Waals surface area contributed by atoms with Gasteiger partial charge in [-0.1, -0.05) is 48.5 Å². The molecule has 42 heavy (non-hydrogen) atoms. The van der Waals surface area contributed by atoms with Gasteiger partial charge in [0.1, 0.15) is 12.2 Å². The highest BCUT2D eigenvalue weighted by Gasteiger charge is 2.30. The van der Waals surface area contributed by atoms with Crippen molar-refractivity contribution in [3.8, 4) is 11.1 Å². The number of carboxylic acid groups (broad SMARTS) is 1. The molecular formula is C33H37N3O6. The van der Waals surface area contributed by atoms with Crippen LogP contribution in [0.15, 0.2) is 60.7 Å². The molecule has 0 spiro atoms. The lowest BCUT2D eigenvalue weighted by atomic mass is 9.98. The molecule has 5 rings (SSSR count). The van der Waals surface area contributed by atoms with Crippen molar-refractivity contribution in [1.82, 2.24) is 4.90 Å². The molecule has 9 nitrogen and oxygen atoms in total. The van der Waals surface area contributed by atoms with Gasteiger partial charge in [0.2, 0.25) is 0 Å². The molecule has 0 unspecified atom stereocenters. The van der Waals surface area contributed by atoms with E-state index in [1.807, 2.05) is 58.0 Å². The number of ether oxygens (including phenoxy) is 2. The van der Waals surface area contributed by atoms with E-state index in [1.54, 1.807) is 11.0 Å². The first-order valence-corrected chi connectivity index (χ1v) is 14.2. The lowest BCUT2D eigenvalue weighted by Crippen LogP contribution is -2.50. The third-order valence-electron chi connectivity index (χ3n) is 7.69. The molecule has 0 bridgehead atoms. The maximum atomic E-state index is 13.0. The van der Waals surface area contributed by atoms with E-state index >= 15 is 0 Å². The Balaban J connectivity index is 1.29. The van der Waals surface area contributed by atoms with E-state index in [-0.39, 0.29) is 25.0 Å². The Labute approximate surface area is 246 Å². The molecule has 1 aliphatic carbocycles. The first kappa shape index (κ1) is 29.0. The number of aliphatic carboxylic acids is 1. The standard InChI is InChI=1S/C33H37N3O6/c1-21-22(18-30(37)38)17-23(19-29(21)35-13-15-36(16-14-35)32(40)42-33(2,3)4)34-31(39)41-20-28-26-11-7-5-9-24(26)25-10-6-8-12-27(25)28/h5-12,17,19,28H,13-16,18,20H2,1-4H3,(H,34,39)(H,37,38). The van der Waals surface area contributed by atoms with Crippen molar-refractivity contribution in [2.45, 2.75) is 45.6 Å². The zero-order valence-electron chi connectivity index (χ0n) is 24.5. The molecule has 1 saturated heterocycles. The van der Waals surface area contributed by atoms with E-state index in [0.29, 0.717) is 37.4 Å².